The highest BCUT2D eigenvalue weighted by Gasteiger charge is 2.17. The van der Waals surface area contributed by atoms with Crippen molar-refractivity contribution in [2.75, 3.05) is 11.9 Å². The van der Waals surface area contributed by atoms with Crippen molar-refractivity contribution in [2.24, 2.45) is 0 Å². The van der Waals surface area contributed by atoms with E-state index < -0.39 is 0 Å². The van der Waals surface area contributed by atoms with Gasteiger partial charge in [-0.2, -0.15) is 0 Å². The Morgan fingerprint density at radius 2 is 1.68 bits per heavy atom. The van der Waals surface area contributed by atoms with E-state index in [0.717, 1.165) is 17.0 Å². The zero-order valence-corrected chi connectivity index (χ0v) is 14.3. The number of aromatic nitrogens is 1. The minimum Gasteiger partial charge on any atom is -0.494 e. The molecule has 0 aliphatic rings. The van der Waals surface area contributed by atoms with E-state index in [2.05, 4.69) is 22.0 Å². The molecule has 0 aliphatic carbocycles. The minimum absolute atomic E-state index is 0.0216. The number of nitrogens with one attached hydrogen (secondary N) is 1. The maximum atomic E-state index is 12.5. The molecule has 3 rings (SSSR count). The van der Waals surface area contributed by atoms with Gasteiger partial charge in [0.15, 0.2) is 0 Å². The second-order valence-electron chi connectivity index (χ2n) is 5.77. The molecule has 2 aromatic carbocycles. The highest BCUT2D eigenvalue weighted by Crippen LogP contribution is 2.23. The fourth-order valence-corrected chi connectivity index (χ4v) is 2.81. The Balaban J connectivity index is 1.70. The Hall–Kier alpha value is -3.01. The van der Waals surface area contributed by atoms with Crippen molar-refractivity contribution in [3.8, 4) is 5.75 Å². The van der Waals surface area contributed by atoms with Crippen LogP contribution in [0.15, 0.2) is 79.1 Å². The zero-order chi connectivity index (χ0) is 17.5. The summed E-state index contributed by atoms with van der Waals surface area (Å²) in [6.07, 6.45) is 4.34. The molecule has 0 aliphatic heterocycles. The molecule has 1 amide bonds. The van der Waals surface area contributed by atoms with E-state index in [1.807, 2.05) is 73.9 Å². The van der Waals surface area contributed by atoms with Gasteiger partial charge in [0.2, 0.25) is 5.91 Å². The third-order valence-electron chi connectivity index (χ3n) is 4.00. The summed E-state index contributed by atoms with van der Waals surface area (Å²) in [5.74, 6) is 0.779. The van der Waals surface area contributed by atoms with Crippen molar-refractivity contribution in [1.29, 1.82) is 0 Å². The Bertz CT molecular complexity index is 781. The molecule has 3 aromatic rings. The predicted molar refractivity (Wildman–Crippen MR) is 99.9 cm³/mol. The van der Waals surface area contributed by atoms with Crippen LogP contribution in [0.4, 0.5) is 5.69 Å². The van der Waals surface area contributed by atoms with Crippen LogP contribution in [-0.4, -0.2) is 17.1 Å². The molecule has 0 fully saturated rings. The number of anilines is 1. The summed E-state index contributed by atoms with van der Waals surface area (Å²) in [5, 5.41) is 2.97. The van der Waals surface area contributed by atoms with Gasteiger partial charge in [0.25, 0.3) is 0 Å². The van der Waals surface area contributed by atoms with Crippen LogP contribution >= 0.6 is 0 Å². The molecule has 1 heterocycles. The van der Waals surface area contributed by atoms with E-state index in [1.54, 1.807) is 0 Å². The second-order valence-corrected chi connectivity index (χ2v) is 5.77. The van der Waals surface area contributed by atoms with Crippen molar-refractivity contribution in [2.45, 2.75) is 19.4 Å². The van der Waals surface area contributed by atoms with Gasteiger partial charge in [-0.25, -0.2) is 0 Å². The van der Waals surface area contributed by atoms with Gasteiger partial charge in [-0.1, -0.05) is 30.3 Å². The summed E-state index contributed by atoms with van der Waals surface area (Å²) in [6.45, 7) is 2.57. The third-order valence-corrected chi connectivity index (χ3v) is 4.00. The van der Waals surface area contributed by atoms with Crippen LogP contribution in [0.3, 0.4) is 0 Å². The molecular formula is C21H22N2O2. The number of ether oxygens (including phenoxy) is 1. The van der Waals surface area contributed by atoms with Crippen LogP contribution in [0.1, 0.15) is 24.9 Å². The largest absolute Gasteiger partial charge is 0.494 e. The molecular weight excluding hydrogens is 312 g/mol. The van der Waals surface area contributed by atoms with Gasteiger partial charge in [0.1, 0.15) is 5.75 Å². The Labute approximate surface area is 148 Å². The lowest BCUT2D eigenvalue weighted by Crippen LogP contribution is -2.19. The Morgan fingerprint density at radius 1 is 1.00 bits per heavy atom. The normalized spacial score (nSPS) is 11.7. The first kappa shape index (κ1) is 16.8. The third kappa shape index (κ3) is 4.51. The smallest absolute Gasteiger partial charge is 0.226 e. The molecule has 1 atom stereocenters. The fraction of sp³-hybridized carbons (Fsp3) is 0.190. The van der Waals surface area contributed by atoms with Crippen LogP contribution in [0.5, 0.6) is 5.75 Å². The first-order valence-electron chi connectivity index (χ1n) is 8.46. The van der Waals surface area contributed by atoms with Crippen LogP contribution in [0.25, 0.3) is 0 Å². The van der Waals surface area contributed by atoms with Crippen molar-refractivity contribution in [1.82, 2.24) is 4.57 Å². The zero-order valence-electron chi connectivity index (χ0n) is 14.3. The second kappa shape index (κ2) is 8.20. The summed E-state index contributed by atoms with van der Waals surface area (Å²) < 4.78 is 7.48. The van der Waals surface area contributed by atoms with Crippen LogP contribution < -0.4 is 10.1 Å². The van der Waals surface area contributed by atoms with E-state index in [0.29, 0.717) is 13.0 Å². The lowest BCUT2D eigenvalue weighted by molar-refractivity contribution is -0.116. The van der Waals surface area contributed by atoms with Gasteiger partial charge in [0.05, 0.1) is 19.1 Å². The first-order chi connectivity index (χ1) is 12.3. The average molecular weight is 334 g/mol. The molecule has 0 saturated heterocycles. The Kier molecular flexibility index (Phi) is 5.52. The number of hydrogen-bond donors (Lipinski definition) is 1. The van der Waals surface area contributed by atoms with Gasteiger partial charge >= 0.3 is 0 Å². The molecule has 1 N–H and O–H groups in total. The summed E-state index contributed by atoms with van der Waals surface area (Å²) in [4.78, 5) is 12.5. The Morgan fingerprint density at radius 3 is 2.32 bits per heavy atom. The average Bonchev–Trinajstić information content (AvgIpc) is 3.17. The fourth-order valence-electron chi connectivity index (χ4n) is 2.81. The summed E-state index contributed by atoms with van der Waals surface area (Å²) in [6, 6.07) is 21.4. The highest BCUT2D eigenvalue weighted by molar-refractivity contribution is 5.91. The minimum atomic E-state index is -0.0288. The molecule has 0 radical (unpaired) electrons. The lowest BCUT2D eigenvalue weighted by atomic mass is 10.0. The molecule has 0 saturated carbocycles. The summed E-state index contributed by atoms with van der Waals surface area (Å²) in [5.41, 5.74) is 1.88. The van der Waals surface area contributed by atoms with E-state index in [-0.39, 0.29) is 11.9 Å². The summed E-state index contributed by atoms with van der Waals surface area (Å²) >= 11 is 0. The number of nitrogens with zero attached hydrogens (tertiary/aromatic N) is 1. The van der Waals surface area contributed by atoms with Crippen LogP contribution in [-0.2, 0) is 4.79 Å². The molecule has 25 heavy (non-hydrogen) atoms. The van der Waals surface area contributed by atoms with Crippen molar-refractivity contribution >= 4 is 11.6 Å². The van der Waals surface area contributed by atoms with Crippen LogP contribution in [0, 0.1) is 0 Å². The lowest BCUT2D eigenvalue weighted by Gasteiger charge is -2.19. The maximum Gasteiger partial charge on any atom is 0.226 e. The predicted octanol–water partition coefficient (Wildman–Crippen LogP) is 4.51. The molecule has 4 nitrogen and oxygen atoms in total. The molecule has 0 bridgehead atoms. The van der Waals surface area contributed by atoms with Gasteiger partial charge in [-0.05, 0) is 48.9 Å². The SMILES string of the molecule is CCOc1ccc(NC(=O)C[C@H](c2ccccc2)n2cccc2)cc1. The van der Waals surface area contributed by atoms with Crippen molar-refractivity contribution in [3.63, 3.8) is 0 Å². The number of hydrogen-bond acceptors (Lipinski definition) is 2. The molecule has 1 aromatic heterocycles. The van der Waals surface area contributed by atoms with Gasteiger partial charge < -0.3 is 14.6 Å². The number of carbonyl (C=O) groups is 1. The van der Waals surface area contributed by atoms with Crippen molar-refractivity contribution < 1.29 is 9.53 Å². The van der Waals surface area contributed by atoms with E-state index in [1.165, 1.54) is 0 Å². The van der Waals surface area contributed by atoms with Gasteiger partial charge in [-0.3, -0.25) is 4.79 Å². The van der Waals surface area contributed by atoms with Crippen LogP contribution in [0.2, 0.25) is 0 Å². The van der Waals surface area contributed by atoms with Crippen molar-refractivity contribution in [3.05, 3.63) is 84.7 Å². The van der Waals surface area contributed by atoms with Gasteiger partial charge in [-0.15, -0.1) is 0 Å². The molecule has 0 spiro atoms. The quantitative estimate of drug-likeness (QED) is 0.691. The molecule has 0 unspecified atom stereocenters. The van der Waals surface area contributed by atoms with Gasteiger partial charge in [0, 0.05) is 18.1 Å². The molecule has 128 valence electrons. The maximum absolute atomic E-state index is 12.5. The number of rotatable bonds is 7. The molecule has 4 heteroatoms. The van der Waals surface area contributed by atoms with E-state index >= 15 is 0 Å². The highest BCUT2D eigenvalue weighted by atomic mass is 16.5. The number of carbonyl (C=O) groups excluding carboxylic acids is 1. The first-order valence-corrected chi connectivity index (χ1v) is 8.46. The van der Waals surface area contributed by atoms with E-state index in [4.69, 9.17) is 4.74 Å². The summed E-state index contributed by atoms with van der Waals surface area (Å²) in [7, 11) is 0. The van der Waals surface area contributed by atoms with E-state index in [9.17, 15) is 4.79 Å². The topological polar surface area (TPSA) is 43.3 Å². The number of benzene rings is 2. The standard InChI is InChI=1S/C21H22N2O2/c1-2-25-19-12-10-18(11-13-19)22-21(24)16-20(23-14-6-7-15-23)17-8-4-3-5-9-17/h3-15,20H,2,16H2,1H3,(H,22,24)/t20-/m1/s1. The monoisotopic (exact) mass is 334 g/mol. The number of amides is 1.